The number of aromatic amines is 1. The number of aromatic nitrogens is 2. The topological polar surface area (TPSA) is 112 Å². The van der Waals surface area contributed by atoms with Crippen LogP contribution in [0.4, 0.5) is 5.69 Å². The first kappa shape index (κ1) is 15.0. The molecule has 1 aromatic carbocycles. The van der Waals surface area contributed by atoms with Crippen molar-refractivity contribution in [3.05, 3.63) is 40.7 Å². The fourth-order valence-corrected chi connectivity index (χ4v) is 3.38. The lowest BCUT2D eigenvalue weighted by molar-refractivity contribution is 0.0686. The third-order valence-corrected chi connectivity index (χ3v) is 4.53. The smallest absolute Gasteiger partial charge is 0.357 e. The number of benzene rings is 1. The number of sulfonamides is 1. The van der Waals surface area contributed by atoms with E-state index in [1.54, 1.807) is 19.1 Å². The molecule has 0 radical (unpaired) electrons. The molecule has 2 aromatic rings. The molecule has 3 N–H and O–H groups in total. The Morgan fingerprint density at radius 2 is 1.95 bits per heavy atom. The van der Waals surface area contributed by atoms with Crippen LogP contribution in [-0.4, -0.2) is 29.7 Å². The second kappa shape index (κ2) is 5.21. The number of carbonyl (C=O) groups is 1. The maximum absolute atomic E-state index is 12.4. The van der Waals surface area contributed by atoms with Gasteiger partial charge in [0.15, 0.2) is 5.69 Å². The van der Waals surface area contributed by atoms with Gasteiger partial charge in [-0.1, -0.05) is 12.1 Å². The lowest BCUT2D eigenvalue weighted by Crippen LogP contribution is -2.17. The summed E-state index contributed by atoms with van der Waals surface area (Å²) in [7, 11) is -4.04. The zero-order chi connectivity index (χ0) is 15.8. The molecule has 1 aromatic heterocycles. The number of rotatable bonds is 4. The molecule has 21 heavy (non-hydrogen) atoms. The van der Waals surface area contributed by atoms with Crippen molar-refractivity contribution in [1.29, 1.82) is 0 Å². The summed E-state index contributed by atoms with van der Waals surface area (Å²) < 4.78 is 27.3. The summed E-state index contributed by atoms with van der Waals surface area (Å²) in [5.41, 5.74) is 1.69. The van der Waals surface area contributed by atoms with Gasteiger partial charge in [0.2, 0.25) is 0 Å². The van der Waals surface area contributed by atoms with Crippen molar-refractivity contribution in [2.24, 2.45) is 0 Å². The molecular weight excluding hydrogens is 294 g/mol. The second-order valence-corrected chi connectivity index (χ2v) is 6.37. The van der Waals surface area contributed by atoms with Crippen LogP contribution >= 0.6 is 0 Å². The Labute approximate surface area is 122 Å². The molecular formula is C13H15N3O4S. The second-order valence-electron chi connectivity index (χ2n) is 4.76. The van der Waals surface area contributed by atoms with Gasteiger partial charge < -0.3 is 5.11 Å². The normalized spacial score (nSPS) is 11.4. The third-order valence-electron chi connectivity index (χ3n) is 3.00. The van der Waals surface area contributed by atoms with E-state index in [0.717, 1.165) is 11.1 Å². The Morgan fingerprint density at radius 3 is 2.57 bits per heavy atom. The van der Waals surface area contributed by atoms with Crippen molar-refractivity contribution < 1.29 is 18.3 Å². The van der Waals surface area contributed by atoms with Gasteiger partial charge in [0.05, 0.1) is 11.4 Å². The van der Waals surface area contributed by atoms with Crippen LogP contribution in [0.1, 0.15) is 27.3 Å². The SMILES string of the molecule is Cc1ccc(C)c(NS(=O)(=O)c2c(C(=O)O)n[nH]c2C)c1. The van der Waals surface area contributed by atoms with Gasteiger partial charge in [0.1, 0.15) is 4.90 Å². The van der Waals surface area contributed by atoms with Crippen molar-refractivity contribution in [2.75, 3.05) is 4.72 Å². The highest BCUT2D eigenvalue weighted by Gasteiger charge is 2.28. The van der Waals surface area contributed by atoms with Gasteiger partial charge in [-0.15, -0.1) is 0 Å². The predicted octanol–water partition coefficient (Wildman–Crippen LogP) is 1.83. The van der Waals surface area contributed by atoms with E-state index in [1.165, 1.54) is 6.92 Å². The van der Waals surface area contributed by atoms with Crippen molar-refractivity contribution in [3.8, 4) is 0 Å². The van der Waals surface area contributed by atoms with Crippen LogP contribution in [0.2, 0.25) is 0 Å². The average molecular weight is 309 g/mol. The van der Waals surface area contributed by atoms with Gasteiger partial charge in [0.25, 0.3) is 10.0 Å². The van der Waals surface area contributed by atoms with E-state index in [-0.39, 0.29) is 10.6 Å². The van der Waals surface area contributed by atoms with Crippen molar-refractivity contribution >= 4 is 21.7 Å². The number of anilines is 1. The highest BCUT2D eigenvalue weighted by atomic mass is 32.2. The maximum Gasteiger partial charge on any atom is 0.357 e. The van der Waals surface area contributed by atoms with E-state index in [0.29, 0.717) is 5.69 Å². The summed E-state index contributed by atoms with van der Waals surface area (Å²) in [6.45, 7) is 5.05. The van der Waals surface area contributed by atoms with Crippen LogP contribution in [0.15, 0.2) is 23.1 Å². The standard InChI is InChI=1S/C13H15N3O4S/c1-7-4-5-8(2)10(6-7)16-21(19,20)12-9(3)14-15-11(12)13(17)18/h4-6,16H,1-3H3,(H,14,15)(H,17,18). The summed E-state index contributed by atoms with van der Waals surface area (Å²) in [5.74, 6) is -1.40. The summed E-state index contributed by atoms with van der Waals surface area (Å²) in [4.78, 5) is 10.7. The first-order valence-electron chi connectivity index (χ1n) is 6.10. The summed E-state index contributed by atoms with van der Waals surface area (Å²) in [6.07, 6.45) is 0. The summed E-state index contributed by atoms with van der Waals surface area (Å²) in [6, 6.07) is 5.33. The van der Waals surface area contributed by atoms with E-state index in [2.05, 4.69) is 14.9 Å². The van der Waals surface area contributed by atoms with Gasteiger partial charge in [-0.05, 0) is 38.0 Å². The lowest BCUT2D eigenvalue weighted by Gasteiger charge is -2.11. The molecule has 0 amide bonds. The number of aromatic carboxylic acids is 1. The zero-order valence-electron chi connectivity index (χ0n) is 11.8. The van der Waals surface area contributed by atoms with Crippen molar-refractivity contribution in [2.45, 2.75) is 25.7 Å². The minimum absolute atomic E-state index is 0.171. The highest BCUT2D eigenvalue weighted by Crippen LogP contribution is 2.24. The molecule has 0 saturated heterocycles. The largest absolute Gasteiger partial charge is 0.476 e. The Bertz CT molecular complexity index is 809. The number of H-pyrrole nitrogens is 1. The van der Waals surface area contributed by atoms with Crippen LogP contribution in [0.5, 0.6) is 0 Å². The van der Waals surface area contributed by atoms with E-state index in [9.17, 15) is 13.2 Å². The zero-order valence-corrected chi connectivity index (χ0v) is 12.6. The Kier molecular flexibility index (Phi) is 3.73. The van der Waals surface area contributed by atoms with E-state index < -0.39 is 21.7 Å². The number of carboxylic acid groups (broad SMARTS) is 1. The van der Waals surface area contributed by atoms with Gasteiger partial charge in [0, 0.05) is 0 Å². The van der Waals surface area contributed by atoms with E-state index in [1.807, 2.05) is 13.0 Å². The minimum Gasteiger partial charge on any atom is -0.476 e. The number of nitrogens with zero attached hydrogens (tertiary/aromatic N) is 1. The quantitative estimate of drug-likeness (QED) is 0.797. The lowest BCUT2D eigenvalue weighted by atomic mass is 10.1. The molecule has 7 nitrogen and oxygen atoms in total. The predicted molar refractivity (Wildman–Crippen MR) is 77.0 cm³/mol. The van der Waals surface area contributed by atoms with Crippen molar-refractivity contribution in [3.63, 3.8) is 0 Å². The van der Waals surface area contributed by atoms with Crippen LogP contribution in [0, 0.1) is 20.8 Å². The Balaban J connectivity index is 2.51. The molecule has 112 valence electrons. The Morgan fingerprint density at radius 1 is 1.29 bits per heavy atom. The maximum atomic E-state index is 12.4. The molecule has 0 fully saturated rings. The van der Waals surface area contributed by atoms with Gasteiger partial charge in [-0.2, -0.15) is 5.10 Å². The fourth-order valence-electron chi connectivity index (χ4n) is 1.93. The van der Waals surface area contributed by atoms with Crippen molar-refractivity contribution in [1.82, 2.24) is 10.2 Å². The summed E-state index contributed by atoms with van der Waals surface area (Å²) >= 11 is 0. The van der Waals surface area contributed by atoms with Gasteiger partial charge in [-0.25, -0.2) is 13.2 Å². The highest BCUT2D eigenvalue weighted by molar-refractivity contribution is 7.92. The first-order valence-corrected chi connectivity index (χ1v) is 7.59. The molecule has 0 aliphatic rings. The van der Waals surface area contributed by atoms with Crippen LogP contribution < -0.4 is 4.72 Å². The average Bonchev–Trinajstić information content (AvgIpc) is 2.76. The van der Waals surface area contributed by atoms with Crippen LogP contribution in [0.25, 0.3) is 0 Å². The molecule has 0 aliphatic carbocycles. The number of hydrogen-bond donors (Lipinski definition) is 3. The first-order chi connectivity index (χ1) is 9.72. The molecule has 0 aliphatic heterocycles. The molecule has 2 rings (SSSR count). The fraction of sp³-hybridized carbons (Fsp3) is 0.231. The minimum atomic E-state index is -4.04. The van der Waals surface area contributed by atoms with Gasteiger partial charge in [-0.3, -0.25) is 9.82 Å². The molecule has 8 heteroatoms. The number of hydrogen-bond acceptors (Lipinski definition) is 4. The van der Waals surface area contributed by atoms with E-state index >= 15 is 0 Å². The number of carboxylic acids is 1. The molecule has 1 heterocycles. The van der Waals surface area contributed by atoms with E-state index in [4.69, 9.17) is 5.11 Å². The molecule has 0 atom stereocenters. The molecule has 0 spiro atoms. The summed E-state index contributed by atoms with van der Waals surface area (Å²) in [5, 5.41) is 14.9. The van der Waals surface area contributed by atoms with Gasteiger partial charge >= 0.3 is 5.97 Å². The third kappa shape index (κ3) is 2.89. The molecule has 0 unspecified atom stereocenters. The Hall–Kier alpha value is -2.35. The number of nitrogens with one attached hydrogen (secondary N) is 2. The molecule has 0 bridgehead atoms. The monoisotopic (exact) mass is 309 g/mol. The van der Waals surface area contributed by atoms with Crippen LogP contribution in [0.3, 0.4) is 0 Å². The van der Waals surface area contributed by atoms with Crippen LogP contribution in [-0.2, 0) is 10.0 Å². The number of aryl methyl sites for hydroxylation is 3. The molecule has 0 saturated carbocycles.